The van der Waals surface area contributed by atoms with E-state index >= 15 is 0 Å². The number of nitrogens with one attached hydrogen (secondary N) is 2. The number of benzene rings is 1. The predicted octanol–water partition coefficient (Wildman–Crippen LogP) is 1.39. The van der Waals surface area contributed by atoms with E-state index in [1.165, 1.54) is 28.2 Å². The van der Waals surface area contributed by atoms with Crippen molar-refractivity contribution < 1.29 is 34.2 Å². The maximum absolute atomic E-state index is 12.9. The maximum Gasteiger partial charge on any atom is 0.268 e. The SMILES string of the molecule is CO[C@H](/C(=N/OCC(=O)N[C@@H](Cc1c[nH]c2ccccc12)C(=O)N(C)OC)[C@@H](O)[C@@H](C)O)C(C)(C)C. The molecule has 0 aliphatic rings. The van der Waals surface area contributed by atoms with Crippen molar-refractivity contribution >= 4 is 28.4 Å². The molecule has 2 amide bonds. The van der Waals surface area contributed by atoms with Crippen LogP contribution < -0.4 is 5.32 Å². The number of methoxy groups -OCH3 is 1. The summed E-state index contributed by atoms with van der Waals surface area (Å²) in [6, 6.07) is 6.72. The van der Waals surface area contributed by atoms with Gasteiger partial charge in [0, 0.05) is 37.7 Å². The van der Waals surface area contributed by atoms with E-state index < -0.39 is 48.2 Å². The van der Waals surface area contributed by atoms with Crippen molar-refractivity contribution in [1.29, 1.82) is 0 Å². The molecule has 2 aromatic rings. The van der Waals surface area contributed by atoms with Crippen LogP contribution in [0.25, 0.3) is 10.9 Å². The fourth-order valence-corrected chi connectivity index (χ4v) is 3.85. The van der Waals surface area contributed by atoms with E-state index in [4.69, 9.17) is 14.4 Å². The fraction of sp³-hybridized carbons (Fsp3) is 0.560. The molecule has 11 nitrogen and oxygen atoms in total. The Morgan fingerprint density at radius 3 is 2.44 bits per heavy atom. The minimum atomic E-state index is -1.36. The van der Waals surface area contributed by atoms with Crippen LogP contribution in [0.15, 0.2) is 35.6 Å². The molecule has 36 heavy (non-hydrogen) atoms. The highest BCUT2D eigenvalue weighted by Crippen LogP contribution is 2.25. The van der Waals surface area contributed by atoms with Gasteiger partial charge >= 0.3 is 0 Å². The van der Waals surface area contributed by atoms with Gasteiger partial charge < -0.3 is 30.1 Å². The molecule has 1 heterocycles. The number of carbonyl (C=O) groups is 2. The molecule has 200 valence electrons. The number of hydrogen-bond acceptors (Lipinski definition) is 8. The van der Waals surface area contributed by atoms with E-state index in [-0.39, 0.29) is 12.1 Å². The summed E-state index contributed by atoms with van der Waals surface area (Å²) >= 11 is 0. The van der Waals surface area contributed by atoms with Gasteiger partial charge in [0.05, 0.1) is 13.2 Å². The molecule has 0 fully saturated rings. The molecule has 0 saturated heterocycles. The van der Waals surface area contributed by atoms with Gasteiger partial charge in [0.1, 0.15) is 24.0 Å². The van der Waals surface area contributed by atoms with E-state index in [9.17, 15) is 19.8 Å². The largest absolute Gasteiger partial charge is 0.390 e. The lowest BCUT2D eigenvalue weighted by Crippen LogP contribution is -2.49. The third-order valence-electron chi connectivity index (χ3n) is 5.73. The van der Waals surface area contributed by atoms with Gasteiger partial charge in [-0.05, 0) is 24.0 Å². The standard InChI is InChI=1S/C25H38N4O7/c1-15(30)22(32)21(23(34-6)25(2,3)4)28-36-14-20(31)27-19(24(33)29(5)35-7)12-16-13-26-18-11-9-8-10-17(16)18/h8-11,13,15,19,22-23,26,30,32H,12,14H2,1-7H3,(H,27,31)/b28-21+/t15-,19+,22+,23-/m1/s1. The van der Waals surface area contributed by atoms with Crippen LogP contribution in [0.1, 0.15) is 33.3 Å². The van der Waals surface area contributed by atoms with Crippen molar-refractivity contribution in [3.05, 3.63) is 36.0 Å². The highest BCUT2D eigenvalue weighted by molar-refractivity contribution is 5.93. The van der Waals surface area contributed by atoms with Crippen LogP contribution in [0, 0.1) is 5.41 Å². The summed E-state index contributed by atoms with van der Waals surface area (Å²) in [5.74, 6) is -1.05. The molecule has 0 radical (unpaired) electrons. The minimum Gasteiger partial charge on any atom is -0.390 e. The quantitative estimate of drug-likeness (QED) is 0.251. The van der Waals surface area contributed by atoms with E-state index in [0.717, 1.165) is 21.5 Å². The molecule has 0 saturated carbocycles. The summed E-state index contributed by atoms with van der Waals surface area (Å²) in [6.07, 6.45) is -1.16. The molecule has 1 aromatic carbocycles. The first-order valence-electron chi connectivity index (χ1n) is 11.6. The van der Waals surface area contributed by atoms with Crippen LogP contribution in [0.3, 0.4) is 0 Å². The average molecular weight is 507 g/mol. The molecule has 0 unspecified atom stereocenters. The number of hydrogen-bond donors (Lipinski definition) is 4. The number of aliphatic hydroxyl groups is 2. The Labute approximate surface area is 211 Å². The number of fused-ring (bicyclic) bond motifs is 1. The molecule has 0 spiro atoms. The molecule has 2 rings (SSSR count). The van der Waals surface area contributed by atoms with Gasteiger partial charge in [-0.25, -0.2) is 5.06 Å². The van der Waals surface area contributed by atoms with Gasteiger partial charge in [-0.1, -0.05) is 44.1 Å². The molecule has 1 aromatic heterocycles. The molecule has 0 bridgehead atoms. The van der Waals surface area contributed by atoms with Crippen LogP contribution in [-0.4, -0.2) is 90.0 Å². The molecule has 0 aliphatic heterocycles. The normalized spacial score (nSPS) is 15.8. The number of likely N-dealkylation sites (N-methyl/N-ethyl adjacent to an activating group) is 1. The Morgan fingerprint density at radius 2 is 1.86 bits per heavy atom. The van der Waals surface area contributed by atoms with Crippen LogP contribution in [0.5, 0.6) is 0 Å². The summed E-state index contributed by atoms with van der Waals surface area (Å²) in [5, 5.41) is 28.9. The van der Waals surface area contributed by atoms with Crippen LogP contribution in [0.4, 0.5) is 0 Å². The Hall–Kier alpha value is -2.99. The fourth-order valence-electron chi connectivity index (χ4n) is 3.85. The molecular formula is C25H38N4O7. The lowest BCUT2D eigenvalue weighted by Gasteiger charge is -2.32. The number of oxime groups is 1. The number of H-pyrrole nitrogens is 1. The topological polar surface area (TPSA) is 146 Å². The molecule has 4 atom stereocenters. The maximum atomic E-state index is 12.9. The zero-order valence-electron chi connectivity index (χ0n) is 21.9. The van der Waals surface area contributed by atoms with Gasteiger partial charge in [-0.2, -0.15) is 0 Å². The van der Waals surface area contributed by atoms with Crippen molar-refractivity contribution in [3.8, 4) is 0 Å². The van der Waals surface area contributed by atoms with Crippen LogP contribution in [-0.2, 0) is 30.4 Å². The summed E-state index contributed by atoms with van der Waals surface area (Å²) in [4.78, 5) is 39.0. The lowest BCUT2D eigenvalue weighted by atomic mass is 9.83. The van der Waals surface area contributed by atoms with Gasteiger partial charge in [0.25, 0.3) is 11.8 Å². The predicted molar refractivity (Wildman–Crippen MR) is 135 cm³/mol. The van der Waals surface area contributed by atoms with E-state index in [1.807, 2.05) is 45.0 Å². The molecular weight excluding hydrogens is 468 g/mol. The van der Waals surface area contributed by atoms with E-state index in [2.05, 4.69) is 15.5 Å². The average Bonchev–Trinajstić information content (AvgIpc) is 3.23. The molecule has 11 heteroatoms. The van der Waals surface area contributed by atoms with E-state index in [1.54, 1.807) is 6.20 Å². The summed E-state index contributed by atoms with van der Waals surface area (Å²) in [6.45, 7) is 6.53. The summed E-state index contributed by atoms with van der Waals surface area (Å²) in [5.41, 5.74) is 1.34. The van der Waals surface area contributed by atoms with Crippen molar-refractivity contribution in [2.75, 3.05) is 27.9 Å². The Kier molecular flexibility index (Phi) is 10.4. The highest BCUT2D eigenvalue weighted by Gasteiger charge is 2.36. The number of aromatic nitrogens is 1. The third kappa shape index (κ3) is 7.50. The zero-order chi connectivity index (χ0) is 27.0. The number of aliphatic hydroxyl groups excluding tert-OH is 2. The van der Waals surface area contributed by atoms with Crippen LogP contribution in [0.2, 0.25) is 0 Å². The van der Waals surface area contributed by atoms with Gasteiger partial charge in [-0.3, -0.25) is 14.4 Å². The Morgan fingerprint density at radius 1 is 1.19 bits per heavy atom. The monoisotopic (exact) mass is 506 g/mol. The van der Waals surface area contributed by atoms with Gasteiger partial charge in [-0.15, -0.1) is 0 Å². The lowest BCUT2D eigenvalue weighted by molar-refractivity contribution is -0.171. The number of amides is 2. The highest BCUT2D eigenvalue weighted by atomic mass is 16.7. The van der Waals surface area contributed by atoms with Crippen LogP contribution >= 0.6 is 0 Å². The molecule has 4 N–H and O–H groups in total. The number of ether oxygens (including phenoxy) is 1. The number of para-hydroxylation sites is 1. The zero-order valence-corrected chi connectivity index (χ0v) is 21.9. The number of aromatic amines is 1. The second-order valence-electron chi connectivity index (χ2n) is 9.66. The number of nitrogens with zero attached hydrogens (tertiary/aromatic N) is 2. The first-order valence-corrected chi connectivity index (χ1v) is 11.6. The van der Waals surface area contributed by atoms with Gasteiger partial charge in [0.2, 0.25) is 0 Å². The van der Waals surface area contributed by atoms with Crippen molar-refractivity contribution in [2.45, 2.75) is 58.5 Å². The van der Waals surface area contributed by atoms with Crippen molar-refractivity contribution in [3.63, 3.8) is 0 Å². The third-order valence-corrected chi connectivity index (χ3v) is 5.73. The van der Waals surface area contributed by atoms with E-state index in [0.29, 0.717) is 0 Å². The second kappa shape index (κ2) is 12.8. The summed E-state index contributed by atoms with van der Waals surface area (Å²) < 4.78 is 5.48. The second-order valence-corrected chi connectivity index (χ2v) is 9.66. The number of rotatable bonds is 12. The van der Waals surface area contributed by atoms with Crippen molar-refractivity contribution in [2.24, 2.45) is 10.6 Å². The first kappa shape index (κ1) is 29.2. The Bertz CT molecular complexity index is 1040. The number of hydroxylamine groups is 2. The Balaban J connectivity index is 2.18. The first-order chi connectivity index (χ1) is 16.9. The molecule has 0 aliphatic carbocycles. The van der Waals surface area contributed by atoms with Crippen molar-refractivity contribution in [1.82, 2.24) is 15.4 Å². The number of carbonyl (C=O) groups excluding carboxylic acids is 2. The smallest absolute Gasteiger partial charge is 0.268 e. The summed E-state index contributed by atoms with van der Waals surface area (Å²) in [7, 11) is 4.27. The van der Waals surface area contributed by atoms with Gasteiger partial charge in [0.15, 0.2) is 6.61 Å². The minimum absolute atomic E-state index is 0.0540.